The average molecular weight is 219 g/mol. The lowest BCUT2D eigenvalue weighted by Gasteiger charge is -2.16. The molecule has 14 heavy (non-hydrogen) atoms. The lowest BCUT2D eigenvalue weighted by Crippen LogP contribution is -2.32. The standard InChI is InChI=1S/C10H19ClN2O/c1-2-12-8-9-13(10(12)14)7-5-3-4-6-11/h2-9H2,1H3. The summed E-state index contributed by atoms with van der Waals surface area (Å²) in [5, 5.41) is 0. The molecular formula is C10H19ClN2O. The number of urea groups is 1. The molecule has 0 aromatic carbocycles. The first-order valence-corrected chi connectivity index (χ1v) is 5.93. The SMILES string of the molecule is CCN1CCN(CCCCCCl)C1=O. The van der Waals surface area contributed by atoms with E-state index in [9.17, 15) is 4.79 Å². The molecule has 0 aromatic heterocycles. The molecule has 1 fully saturated rings. The molecule has 0 aliphatic carbocycles. The van der Waals surface area contributed by atoms with Crippen LogP contribution in [0.2, 0.25) is 0 Å². The Morgan fingerprint density at radius 3 is 2.50 bits per heavy atom. The Bertz CT molecular complexity index is 187. The van der Waals surface area contributed by atoms with Crippen LogP contribution in [-0.4, -0.2) is 47.9 Å². The van der Waals surface area contributed by atoms with Gasteiger partial charge in [-0.05, 0) is 19.8 Å². The zero-order valence-electron chi connectivity index (χ0n) is 8.84. The van der Waals surface area contributed by atoms with E-state index in [-0.39, 0.29) is 6.03 Å². The van der Waals surface area contributed by atoms with Gasteiger partial charge in [0.05, 0.1) is 0 Å². The van der Waals surface area contributed by atoms with Crippen LogP contribution >= 0.6 is 11.6 Å². The van der Waals surface area contributed by atoms with Crippen molar-refractivity contribution in [3.63, 3.8) is 0 Å². The number of nitrogens with zero attached hydrogens (tertiary/aromatic N) is 2. The highest BCUT2D eigenvalue weighted by Gasteiger charge is 2.25. The number of likely N-dealkylation sites (N-methyl/N-ethyl adjacent to an activating group) is 1. The van der Waals surface area contributed by atoms with Gasteiger partial charge in [0, 0.05) is 32.1 Å². The molecule has 1 rings (SSSR count). The summed E-state index contributed by atoms with van der Waals surface area (Å²) < 4.78 is 0. The maximum Gasteiger partial charge on any atom is 0.320 e. The Kier molecular flexibility index (Phi) is 5.09. The molecule has 3 nitrogen and oxygen atoms in total. The number of rotatable bonds is 6. The second-order valence-electron chi connectivity index (χ2n) is 3.60. The predicted octanol–water partition coefficient (Wildman–Crippen LogP) is 2.15. The van der Waals surface area contributed by atoms with Crippen LogP contribution in [0.1, 0.15) is 26.2 Å². The van der Waals surface area contributed by atoms with Crippen LogP contribution in [0, 0.1) is 0 Å². The number of hydrogen-bond donors (Lipinski definition) is 0. The second kappa shape index (κ2) is 6.12. The van der Waals surface area contributed by atoms with E-state index in [2.05, 4.69) is 0 Å². The molecule has 0 unspecified atom stereocenters. The van der Waals surface area contributed by atoms with Gasteiger partial charge in [0.15, 0.2) is 0 Å². The summed E-state index contributed by atoms with van der Waals surface area (Å²) in [6, 6.07) is 0.207. The van der Waals surface area contributed by atoms with E-state index in [1.54, 1.807) is 0 Å². The van der Waals surface area contributed by atoms with Crippen molar-refractivity contribution < 1.29 is 4.79 Å². The largest absolute Gasteiger partial charge is 0.323 e. The second-order valence-corrected chi connectivity index (χ2v) is 3.98. The molecule has 0 saturated carbocycles. The van der Waals surface area contributed by atoms with Crippen molar-refractivity contribution in [1.82, 2.24) is 9.80 Å². The van der Waals surface area contributed by atoms with Crippen LogP contribution in [0.3, 0.4) is 0 Å². The molecule has 4 heteroatoms. The highest BCUT2D eigenvalue weighted by molar-refractivity contribution is 6.17. The predicted molar refractivity (Wildman–Crippen MR) is 58.8 cm³/mol. The van der Waals surface area contributed by atoms with Crippen LogP contribution in [0.4, 0.5) is 4.79 Å². The summed E-state index contributed by atoms with van der Waals surface area (Å²) in [4.78, 5) is 15.5. The van der Waals surface area contributed by atoms with Gasteiger partial charge in [-0.25, -0.2) is 4.79 Å². The third kappa shape index (κ3) is 3.05. The molecule has 0 aromatic rings. The first kappa shape index (κ1) is 11.6. The lowest BCUT2D eigenvalue weighted by molar-refractivity contribution is 0.193. The summed E-state index contributed by atoms with van der Waals surface area (Å²) in [7, 11) is 0. The van der Waals surface area contributed by atoms with E-state index >= 15 is 0 Å². The maximum atomic E-state index is 11.6. The van der Waals surface area contributed by atoms with Crippen molar-refractivity contribution in [1.29, 1.82) is 0 Å². The van der Waals surface area contributed by atoms with Gasteiger partial charge in [-0.2, -0.15) is 0 Å². The molecule has 0 spiro atoms. The summed E-state index contributed by atoms with van der Waals surface area (Å²) in [6.07, 6.45) is 3.26. The number of unbranched alkanes of at least 4 members (excludes halogenated alkanes) is 2. The van der Waals surface area contributed by atoms with E-state index < -0.39 is 0 Å². The molecule has 82 valence electrons. The third-order valence-electron chi connectivity index (χ3n) is 2.62. The molecule has 1 aliphatic rings. The van der Waals surface area contributed by atoms with E-state index in [1.165, 1.54) is 0 Å². The van der Waals surface area contributed by atoms with Crippen molar-refractivity contribution in [2.24, 2.45) is 0 Å². The van der Waals surface area contributed by atoms with Crippen molar-refractivity contribution in [2.75, 3.05) is 32.1 Å². The van der Waals surface area contributed by atoms with Crippen LogP contribution in [-0.2, 0) is 0 Å². The van der Waals surface area contributed by atoms with Gasteiger partial charge in [-0.1, -0.05) is 6.42 Å². The number of carbonyl (C=O) groups excluding carboxylic acids is 1. The smallest absolute Gasteiger partial charge is 0.320 e. The van der Waals surface area contributed by atoms with Crippen molar-refractivity contribution in [2.45, 2.75) is 26.2 Å². The Balaban J connectivity index is 2.16. The topological polar surface area (TPSA) is 23.6 Å². The first-order chi connectivity index (χ1) is 6.79. The van der Waals surface area contributed by atoms with E-state index in [4.69, 9.17) is 11.6 Å². The fourth-order valence-electron chi connectivity index (χ4n) is 1.71. The highest BCUT2D eigenvalue weighted by atomic mass is 35.5. The van der Waals surface area contributed by atoms with Gasteiger partial charge in [0.2, 0.25) is 0 Å². The molecule has 0 bridgehead atoms. The molecule has 0 N–H and O–H groups in total. The van der Waals surface area contributed by atoms with Gasteiger partial charge < -0.3 is 9.80 Å². The summed E-state index contributed by atoms with van der Waals surface area (Å²) in [6.45, 7) is 5.54. The third-order valence-corrected chi connectivity index (χ3v) is 2.89. The summed E-state index contributed by atoms with van der Waals surface area (Å²) in [5.41, 5.74) is 0. The quantitative estimate of drug-likeness (QED) is 0.495. The molecule has 1 saturated heterocycles. The number of hydrogen-bond acceptors (Lipinski definition) is 1. The van der Waals surface area contributed by atoms with Crippen molar-refractivity contribution in [3.05, 3.63) is 0 Å². The average Bonchev–Trinajstić information content (AvgIpc) is 2.55. The van der Waals surface area contributed by atoms with Crippen molar-refractivity contribution in [3.8, 4) is 0 Å². The fourth-order valence-corrected chi connectivity index (χ4v) is 1.90. The van der Waals surface area contributed by atoms with Crippen LogP contribution in [0.15, 0.2) is 0 Å². The monoisotopic (exact) mass is 218 g/mol. The molecule has 1 aliphatic heterocycles. The minimum absolute atomic E-state index is 0.207. The molecule has 1 heterocycles. The Morgan fingerprint density at radius 1 is 1.21 bits per heavy atom. The number of amides is 2. The van der Waals surface area contributed by atoms with E-state index in [0.717, 1.165) is 51.3 Å². The zero-order chi connectivity index (χ0) is 10.4. The van der Waals surface area contributed by atoms with Gasteiger partial charge in [0.25, 0.3) is 0 Å². The maximum absolute atomic E-state index is 11.6. The first-order valence-electron chi connectivity index (χ1n) is 5.39. The molecule has 2 amide bonds. The minimum Gasteiger partial charge on any atom is -0.323 e. The lowest BCUT2D eigenvalue weighted by atomic mass is 10.2. The normalized spacial score (nSPS) is 16.9. The summed E-state index contributed by atoms with van der Waals surface area (Å²) in [5.74, 6) is 0.731. The number of alkyl halides is 1. The van der Waals surface area contributed by atoms with Crippen LogP contribution in [0.5, 0.6) is 0 Å². The van der Waals surface area contributed by atoms with Gasteiger partial charge in [0.1, 0.15) is 0 Å². The molecular weight excluding hydrogens is 200 g/mol. The van der Waals surface area contributed by atoms with E-state index in [0.29, 0.717) is 0 Å². The van der Waals surface area contributed by atoms with Gasteiger partial charge in [-0.3, -0.25) is 0 Å². The molecule has 0 atom stereocenters. The van der Waals surface area contributed by atoms with Crippen LogP contribution in [0.25, 0.3) is 0 Å². The highest BCUT2D eigenvalue weighted by Crippen LogP contribution is 2.09. The summed E-state index contributed by atoms with van der Waals surface area (Å²) >= 11 is 5.58. The van der Waals surface area contributed by atoms with Gasteiger partial charge in [-0.15, -0.1) is 11.6 Å². The van der Waals surface area contributed by atoms with Crippen molar-refractivity contribution >= 4 is 17.6 Å². The van der Waals surface area contributed by atoms with Gasteiger partial charge >= 0.3 is 6.03 Å². The Morgan fingerprint density at radius 2 is 1.93 bits per heavy atom. The Hall–Kier alpha value is -0.440. The minimum atomic E-state index is 0.207. The van der Waals surface area contributed by atoms with E-state index in [1.807, 2.05) is 16.7 Å². The van der Waals surface area contributed by atoms with Crippen LogP contribution < -0.4 is 0 Å². The molecule has 0 radical (unpaired) electrons. The zero-order valence-corrected chi connectivity index (χ0v) is 9.59. The number of carbonyl (C=O) groups is 1. The fraction of sp³-hybridized carbons (Fsp3) is 0.900. The number of halogens is 1. The Labute approximate surface area is 91.0 Å².